The van der Waals surface area contributed by atoms with Gasteiger partial charge in [0.15, 0.2) is 0 Å². The molecule has 1 aliphatic rings. The number of nitrogens with one attached hydrogen (secondary N) is 1. The van der Waals surface area contributed by atoms with Gasteiger partial charge in [0, 0.05) is 11.4 Å². The van der Waals surface area contributed by atoms with Gasteiger partial charge in [0.25, 0.3) is 0 Å². The Labute approximate surface area is 74.2 Å². The summed E-state index contributed by atoms with van der Waals surface area (Å²) in [5, 5.41) is 0. The first-order chi connectivity index (χ1) is 5.90. The van der Waals surface area contributed by atoms with Crippen LogP contribution in [0.2, 0.25) is 0 Å². The van der Waals surface area contributed by atoms with Crippen molar-refractivity contribution in [3.05, 3.63) is 23.5 Å². The van der Waals surface area contributed by atoms with Gasteiger partial charge in [-0.25, -0.2) is 0 Å². The number of aryl methyl sites for hydroxylation is 1. The van der Waals surface area contributed by atoms with Crippen LogP contribution >= 0.6 is 0 Å². The third-order valence-electron chi connectivity index (χ3n) is 2.94. The molecule has 0 amide bonds. The SMILES string of the molecule is CCc1ccc(C2CCCC2)[nH]1. The van der Waals surface area contributed by atoms with Gasteiger partial charge in [0.2, 0.25) is 0 Å². The zero-order valence-electron chi connectivity index (χ0n) is 7.77. The molecule has 2 rings (SSSR count). The second kappa shape index (κ2) is 3.34. The summed E-state index contributed by atoms with van der Waals surface area (Å²) in [5.41, 5.74) is 2.86. The van der Waals surface area contributed by atoms with Gasteiger partial charge in [-0.1, -0.05) is 19.8 Å². The number of aromatic amines is 1. The van der Waals surface area contributed by atoms with Crippen LogP contribution in [0.15, 0.2) is 12.1 Å². The highest BCUT2D eigenvalue weighted by Gasteiger charge is 2.17. The summed E-state index contributed by atoms with van der Waals surface area (Å²) in [4.78, 5) is 3.50. The van der Waals surface area contributed by atoms with E-state index < -0.39 is 0 Å². The molecular formula is C11H17N. The Hall–Kier alpha value is -0.720. The Morgan fingerprint density at radius 2 is 2.08 bits per heavy atom. The summed E-state index contributed by atoms with van der Waals surface area (Å²) in [5.74, 6) is 0.838. The van der Waals surface area contributed by atoms with Crippen LogP contribution < -0.4 is 0 Å². The minimum absolute atomic E-state index is 0.838. The van der Waals surface area contributed by atoms with E-state index >= 15 is 0 Å². The highest BCUT2D eigenvalue weighted by molar-refractivity contribution is 5.17. The summed E-state index contributed by atoms with van der Waals surface area (Å²) < 4.78 is 0. The van der Waals surface area contributed by atoms with Crippen LogP contribution in [0.25, 0.3) is 0 Å². The molecule has 1 nitrogen and oxygen atoms in total. The Morgan fingerprint density at radius 3 is 2.67 bits per heavy atom. The summed E-state index contributed by atoms with van der Waals surface area (Å²) in [7, 11) is 0. The van der Waals surface area contributed by atoms with E-state index in [1.54, 1.807) is 0 Å². The van der Waals surface area contributed by atoms with E-state index in [-0.39, 0.29) is 0 Å². The third kappa shape index (κ3) is 1.40. The summed E-state index contributed by atoms with van der Waals surface area (Å²) in [6.07, 6.45) is 6.76. The topological polar surface area (TPSA) is 15.8 Å². The molecular weight excluding hydrogens is 146 g/mol. The predicted molar refractivity (Wildman–Crippen MR) is 51.4 cm³/mol. The van der Waals surface area contributed by atoms with Crippen molar-refractivity contribution in [3.8, 4) is 0 Å². The molecule has 0 unspecified atom stereocenters. The normalized spacial score (nSPS) is 18.8. The van der Waals surface area contributed by atoms with Gasteiger partial charge in [0.05, 0.1) is 0 Å². The monoisotopic (exact) mass is 163 g/mol. The molecule has 0 atom stereocenters. The fourth-order valence-corrected chi connectivity index (χ4v) is 2.14. The van der Waals surface area contributed by atoms with Crippen LogP contribution in [-0.2, 0) is 6.42 Å². The van der Waals surface area contributed by atoms with Crippen molar-refractivity contribution in [2.75, 3.05) is 0 Å². The highest BCUT2D eigenvalue weighted by atomic mass is 14.7. The van der Waals surface area contributed by atoms with Crippen LogP contribution in [0.3, 0.4) is 0 Å². The number of hydrogen-bond acceptors (Lipinski definition) is 0. The van der Waals surface area contributed by atoms with E-state index in [1.807, 2.05) is 0 Å². The van der Waals surface area contributed by atoms with Crippen LogP contribution in [0, 0.1) is 0 Å². The maximum absolute atomic E-state index is 3.50. The molecule has 1 aliphatic carbocycles. The number of aromatic nitrogens is 1. The van der Waals surface area contributed by atoms with Gasteiger partial charge in [-0.05, 0) is 37.3 Å². The van der Waals surface area contributed by atoms with Crippen molar-refractivity contribution in [1.29, 1.82) is 0 Å². The van der Waals surface area contributed by atoms with Crippen molar-refractivity contribution < 1.29 is 0 Å². The van der Waals surface area contributed by atoms with E-state index in [0.29, 0.717) is 0 Å². The lowest BCUT2D eigenvalue weighted by Crippen LogP contribution is -1.92. The standard InChI is InChI=1S/C11H17N/c1-2-10-7-8-11(12-10)9-5-3-4-6-9/h7-9,12H,2-6H2,1H3. The lowest BCUT2D eigenvalue weighted by Gasteiger charge is -2.05. The second-order valence-electron chi connectivity index (χ2n) is 3.77. The summed E-state index contributed by atoms with van der Waals surface area (Å²) in [6.45, 7) is 2.20. The Morgan fingerprint density at radius 1 is 1.33 bits per heavy atom. The van der Waals surface area contributed by atoms with Crippen molar-refractivity contribution in [2.24, 2.45) is 0 Å². The van der Waals surface area contributed by atoms with Crippen molar-refractivity contribution >= 4 is 0 Å². The van der Waals surface area contributed by atoms with Crippen LogP contribution in [0.5, 0.6) is 0 Å². The van der Waals surface area contributed by atoms with Crippen LogP contribution in [0.1, 0.15) is 49.9 Å². The van der Waals surface area contributed by atoms with Gasteiger partial charge in [-0.3, -0.25) is 0 Å². The quantitative estimate of drug-likeness (QED) is 0.689. The molecule has 0 radical (unpaired) electrons. The summed E-state index contributed by atoms with van der Waals surface area (Å²) in [6, 6.07) is 4.50. The van der Waals surface area contributed by atoms with Gasteiger partial charge >= 0.3 is 0 Å². The fourth-order valence-electron chi connectivity index (χ4n) is 2.14. The molecule has 0 aromatic carbocycles. The Balaban J connectivity index is 2.11. The molecule has 12 heavy (non-hydrogen) atoms. The molecule has 1 N–H and O–H groups in total. The maximum Gasteiger partial charge on any atom is 0.0180 e. The molecule has 1 aromatic rings. The van der Waals surface area contributed by atoms with Gasteiger partial charge < -0.3 is 4.98 Å². The average molecular weight is 163 g/mol. The smallest absolute Gasteiger partial charge is 0.0180 e. The van der Waals surface area contributed by atoms with Gasteiger partial charge in [0.1, 0.15) is 0 Å². The molecule has 0 aliphatic heterocycles. The zero-order valence-corrected chi connectivity index (χ0v) is 7.77. The van der Waals surface area contributed by atoms with Gasteiger partial charge in [-0.2, -0.15) is 0 Å². The van der Waals surface area contributed by atoms with Crippen molar-refractivity contribution in [1.82, 2.24) is 4.98 Å². The fraction of sp³-hybridized carbons (Fsp3) is 0.636. The molecule has 0 bridgehead atoms. The zero-order chi connectivity index (χ0) is 8.39. The van der Waals surface area contributed by atoms with E-state index in [1.165, 1.54) is 37.1 Å². The Kier molecular flexibility index (Phi) is 2.20. The minimum atomic E-state index is 0.838. The molecule has 0 saturated heterocycles. The average Bonchev–Trinajstić information content (AvgIpc) is 2.75. The number of hydrogen-bond donors (Lipinski definition) is 1. The van der Waals surface area contributed by atoms with E-state index in [4.69, 9.17) is 0 Å². The molecule has 1 heteroatoms. The first-order valence-corrected chi connectivity index (χ1v) is 5.08. The molecule has 0 spiro atoms. The van der Waals surface area contributed by atoms with E-state index in [0.717, 1.165) is 12.3 Å². The minimum Gasteiger partial charge on any atom is -0.362 e. The molecule has 1 fully saturated rings. The maximum atomic E-state index is 3.50. The van der Waals surface area contributed by atoms with Gasteiger partial charge in [-0.15, -0.1) is 0 Å². The number of rotatable bonds is 2. The van der Waals surface area contributed by atoms with Crippen molar-refractivity contribution in [3.63, 3.8) is 0 Å². The largest absolute Gasteiger partial charge is 0.362 e. The molecule has 66 valence electrons. The van der Waals surface area contributed by atoms with Crippen LogP contribution in [-0.4, -0.2) is 4.98 Å². The lowest BCUT2D eigenvalue weighted by atomic mass is 10.1. The van der Waals surface area contributed by atoms with Crippen molar-refractivity contribution in [2.45, 2.75) is 44.9 Å². The van der Waals surface area contributed by atoms with E-state index in [2.05, 4.69) is 24.0 Å². The third-order valence-corrected chi connectivity index (χ3v) is 2.94. The first kappa shape index (κ1) is 7.90. The van der Waals surface area contributed by atoms with Crippen LogP contribution in [0.4, 0.5) is 0 Å². The molecule has 1 aromatic heterocycles. The highest BCUT2D eigenvalue weighted by Crippen LogP contribution is 2.33. The molecule has 1 heterocycles. The molecule has 1 saturated carbocycles. The lowest BCUT2D eigenvalue weighted by molar-refractivity contribution is 0.699. The first-order valence-electron chi connectivity index (χ1n) is 5.08. The second-order valence-corrected chi connectivity index (χ2v) is 3.77. The number of H-pyrrole nitrogens is 1. The summed E-state index contributed by atoms with van der Waals surface area (Å²) >= 11 is 0. The predicted octanol–water partition coefficient (Wildman–Crippen LogP) is 3.23. The van der Waals surface area contributed by atoms with E-state index in [9.17, 15) is 0 Å². The Bertz CT molecular complexity index is 243.